The van der Waals surface area contributed by atoms with Crippen molar-refractivity contribution in [1.82, 2.24) is 0 Å². The number of para-hydroxylation sites is 1. The average molecular weight is 284 g/mol. The summed E-state index contributed by atoms with van der Waals surface area (Å²) in [7, 11) is 1.61. The van der Waals surface area contributed by atoms with Gasteiger partial charge in [-0.1, -0.05) is 18.2 Å². The van der Waals surface area contributed by atoms with Crippen molar-refractivity contribution in [3.63, 3.8) is 0 Å². The van der Waals surface area contributed by atoms with E-state index in [-0.39, 0.29) is 11.3 Å². The molecule has 0 aromatic heterocycles. The quantitative estimate of drug-likeness (QED) is 0.937. The lowest BCUT2D eigenvalue weighted by Gasteiger charge is -2.22. The number of hydrogen-bond donors (Lipinski definition) is 1. The highest BCUT2D eigenvalue weighted by molar-refractivity contribution is 5.94. The SMILES string of the molecule is CN(Cc1cccc(C#N)c1)c1c(F)cccc1C(=O)O. The third kappa shape index (κ3) is 3.18. The highest BCUT2D eigenvalue weighted by Gasteiger charge is 2.18. The monoisotopic (exact) mass is 284 g/mol. The van der Waals surface area contributed by atoms with E-state index in [2.05, 4.69) is 0 Å². The minimum Gasteiger partial charge on any atom is -0.478 e. The van der Waals surface area contributed by atoms with E-state index in [1.807, 2.05) is 6.07 Å². The molecule has 21 heavy (non-hydrogen) atoms. The minimum absolute atomic E-state index is 0.0346. The summed E-state index contributed by atoms with van der Waals surface area (Å²) in [6, 6.07) is 12.9. The number of hydrogen-bond acceptors (Lipinski definition) is 3. The molecule has 2 rings (SSSR count). The van der Waals surface area contributed by atoms with Crippen LogP contribution >= 0.6 is 0 Å². The Bertz CT molecular complexity index is 722. The van der Waals surface area contributed by atoms with Gasteiger partial charge in [0.1, 0.15) is 5.82 Å². The van der Waals surface area contributed by atoms with Gasteiger partial charge in [-0.25, -0.2) is 9.18 Å². The topological polar surface area (TPSA) is 64.3 Å². The van der Waals surface area contributed by atoms with E-state index >= 15 is 0 Å². The normalized spacial score (nSPS) is 9.95. The van der Waals surface area contributed by atoms with E-state index in [9.17, 15) is 9.18 Å². The minimum atomic E-state index is -1.18. The summed E-state index contributed by atoms with van der Waals surface area (Å²) in [5, 5.41) is 18.0. The van der Waals surface area contributed by atoms with Crippen molar-refractivity contribution in [3.05, 3.63) is 65.0 Å². The lowest BCUT2D eigenvalue weighted by molar-refractivity contribution is 0.0697. The van der Waals surface area contributed by atoms with Gasteiger partial charge in [0.2, 0.25) is 0 Å². The molecule has 0 aliphatic carbocycles. The zero-order chi connectivity index (χ0) is 15.4. The van der Waals surface area contributed by atoms with E-state index in [0.717, 1.165) is 5.56 Å². The molecule has 106 valence electrons. The van der Waals surface area contributed by atoms with E-state index < -0.39 is 11.8 Å². The van der Waals surface area contributed by atoms with Crippen LogP contribution in [0.3, 0.4) is 0 Å². The second kappa shape index (κ2) is 6.06. The van der Waals surface area contributed by atoms with Crippen LogP contribution in [0.1, 0.15) is 21.5 Å². The fourth-order valence-corrected chi connectivity index (χ4v) is 2.17. The maximum absolute atomic E-state index is 14.0. The first-order chi connectivity index (χ1) is 10.0. The van der Waals surface area contributed by atoms with Crippen molar-refractivity contribution >= 4 is 11.7 Å². The number of anilines is 1. The lowest BCUT2D eigenvalue weighted by atomic mass is 10.1. The molecule has 2 aromatic carbocycles. The third-order valence-corrected chi connectivity index (χ3v) is 3.07. The van der Waals surface area contributed by atoms with Crippen molar-refractivity contribution in [2.75, 3.05) is 11.9 Å². The van der Waals surface area contributed by atoms with E-state index in [0.29, 0.717) is 12.1 Å². The largest absolute Gasteiger partial charge is 0.478 e. The highest BCUT2D eigenvalue weighted by atomic mass is 19.1. The number of halogens is 1. The second-order valence-corrected chi connectivity index (χ2v) is 4.61. The maximum Gasteiger partial charge on any atom is 0.337 e. The summed E-state index contributed by atoms with van der Waals surface area (Å²) in [5.41, 5.74) is 1.25. The van der Waals surface area contributed by atoms with E-state index in [1.54, 1.807) is 31.3 Å². The predicted octanol–water partition coefficient (Wildman–Crippen LogP) is 3.03. The van der Waals surface area contributed by atoms with Crippen molar-refractivity contribution < 1.29 is 14.3 Å². The summed E-state index contributed by atoms with van der Waals surface area (Å²) in [5.74, 6) is -1.77. The number of aromatic carboxylic acids is 1. The average Bonchev–Trinajstić information content (AvgIpc) is 2.46. The van der Waals surface area contributed by atoms with Gasteiger partial charge < -0.3 is 10.0 Å². The number of carboxylic acid groups (broad SMARTS) is 1. The number of carboxylic acids is 1. The van der Waals surface area contributed by atoms with Crippen LogP contribution in [-0.2, 0) is 6.54 Å². The van der Waals surface area contributed by atoms with Crippen LogP contribution in [0.25, 0.3) is 0 Å². The maximum atomic E-state index is 14.0. The molecular formula is C16H13FN2O2. The molecule has 0 aliphatic heterocycles. The zero-order valence-electron chi connectivity index (χ0n) is 11.4. The van der Waals surface area contributed by atoms with Crippen LogP contribution in [-0.4, -0.2) is 18.1 Å². The zero-order valence-corrected chi connectivity index (χ0v) is 11.4. The molecule has 0 unspecified atom stereocenters. The summed E-state index contributed by atoms with van der Waals surface area (Å²) in [6.45, 7) is 0.302. The number of carbonyl (C=O) groups is 1. The molecule has 0 atom stereocenters. The predicted molar refractivity (Wildman–Crippen MR) is 76.6 cm³/mol. The number of rotatable bonds is 4. The van der Waals surface area contributed by atoms with Gasteiger partial charge in [0.25, 0.3) is 0 Å². The third-order valence-electron chi connectivity index (χ3n) is 3.07. The van der Waals surface area contributed by atoms with Crippen molar-refractivity contribution in [1.29, 1.82) is 5.26 Å². The fraction of sp³-hybridized carbons (Fsp3) is 0.125. The van der Waals surface area contributed by atoms with Gasteiger partial charge in [0.15, 0.2) is 0 Å². The van der Waals surface area contributed by atoms with Crippen LogP contribution in [0.4, 0.5) is 10.1 Å². The molecule has 0 heterocycles. The van der Waals surface area contributed by atoms with Gasteiger partial charge in [-0.15, -0.1) is 0 Å². The fourth-order valence-electron chi connectivity index (χ4n) is 2.17. The molecule has 0 bridgehead atoms. The summed E-state index contributed by atoms with van der Waals surface area (Å²) in [4.78, 5) is 12.7. The Hall–Kier alpha value is -2.87. The number of nitriles is 1. The molecule has 0 saturated heterocycles. The first-order valence-electron chi connectivity index (χ1n) is 6.25. The molecule has 0 saturated carbocycles. The highest BCUT2D eigenvalue weighted by Crippen LogP contribution is 2.25. The van der Waals surface area contributed by atoms with Gasteiger partial charge in [-0.05, 0) is 29.8 Å². The van der Waals surface area contributed by atoms with E-state index in [1.165, 1.54) is 23.1 Å². The van der Waals surface area contributed by atoms with Crippen LogP contribution in [0.15, 0.2) is 42.5 Å². The van der Waals surface area contributed by atoms with E-state index in [4.69, 9.17) is 10.4 Å². The molecule has 0 radical (unpaired) electrons. The van der Waals surface area contributed by atoms with Crippen molar-refractivity contribution in [2.24, 2.45) is 0 Å². The lowest BCUT2D eigenvalue weighted by Crippen LogP contribution is -2.21. The molecule has 1 N–H and O–H groups in total. The molecule has 2 aromatic rings. The number of benzene rings is 2. The Kier molecular flexibility index (Phi) is 4.19. The van der Waals surface area contributed by atoms with Gasteiger partial charge >= 0.3 is 5.97 Å². The van der Waals surface area contributed by atoms with Crippen molar-refractivity contribution in [3.8, 4) is 6.07 Å². The molecule has 0 spiro atoms. The molecule has 0 aliphatic rings. The molecule has 0 amide bonds. The van der Waals surface area contributed by atoms with Crippen LogP contribution < -0.4 is 4.90 Å². The molecule has 4 nitrogen and oxygen atoms in total. The molecule has 5 heteroatoms. The Morgan fingerprint density at radius 1 is 1.33 bits per heavy atom. The Morgan fingerprint density at radius 3 is 2.71 bits per heavy atom. The van der Waals surface area contributed by atoms with Gasteiger partial charge in [-0.2, -0.15) is 5.26 Å². The first-order valence-corrected chi connectivity index (χ1v) is 6.25. The first kappa shape index (κ1) is 14.5. The van der Waals surface area contributed by atoms with Crippen LogP contribution in [0.5, 0.6) is 0 Å². The summed E-state index contributed by atoms with van der Waals surface area (Å²) < 4.78 is 14.0. The molecule has 0 fully saturated rings. The second-order valence-electron chi connectivity index (χ2n) is 4.61. The smallest absolute Gasteiger partial charge is 0.337 e. The summed E-state index contributed by atoms with van der Waals surface area (Å²) >= 11 is 0. The van der Waals surface area contributed by atoms with Gasteiger partial charge in [0, 0.05) is 13.6 Å². The Balaban J connectivity index is 2.34. The van der Waals surface area contributed by atoms with Gasteiger partial charge in [-0.3, -0.25) is 0 Å². The standard InChI is InChI=1S/C16H13FN2O2/c1-19(10-12-5-2-4-11(8-12)9-18)15-13(16(20)21)6-3-7-14(15)17/h2-8H,10H2,1H3,(H,20,21). The van der Waals surface area contributed by atoms with Crippen molar-refractivity contribution in [2.45, 2.75) is 6.54 Å². The van der Waals surface area contributed by atoms with Crippen LogP contribution in [0, 0.1) is 17.1 Å². The Morgan fingerprint density at radius 2 is 2.05 bits per heavy atom. The molecular weight excluding hydrogens is 271 g/mol. The Labute approximate surface area is 121 Å². The number of nitrogens with zero attached hydrogens (tertiary/aromatic N) is 2. The summed E-state index contributed by atoms with van der Waals surface area (Å²) in [6.07, 6.45) is 0. The van der Waals surface area contributed by atoms with Gasteiger partial charge in [0.05, 0.1) is 22.9 Å². The van der Waals surface area contributed by atoms with Crippen LogP contribution in [0.2, 0.25) is 0 Å².